The van der Waals surface area contributed by atoms with Gasteiger partial charge in [0.05, 0.1) is 0 Å². The Labute approximate surface area is 57.9 Å². The topological polar surface area (TPSA) is 26.0 Å². The minimum absolute atomic E-state index is 0.408. The van der Waals surface area contributed by atoms with Gasteiger partial charge in [0.25, 0.3) is 0 Å². The van der Waals surface area contributed by atoms with Gasteiger partial charge in [-0.2, -0.15) is 0 Å². The molecule has 0 radical (unpaired) electrons. The van der Waals surface area contributed by atoms with Crippen LogP contribution in [0.4, 0.5) is 0 Å². The molecule has 0 aromatic heterocycles. The van der Waals surface area contributed by atoms with Crippen molar-refractivity contribution in [2.45, 2.75) is 27.2 Å². The van der Waals surface area contributed by atoms with Gasteiger partial charge in [0.2, 0.25) is 0 Å². The summed E-state index contributed by atoms with van der Waals surface area (Å²) < 4.78 is 0. The van der Waals surface area contributed by atoms with E-state index in [1.54, 1.807) is 0 Å². The minimum Gasteiger partial charge on any atom is -0.327 e. The first-order chi connectivity index (χ1) is 4.06. The Morgan fingerprint density at radius 2 is 1.78 bits per heavy atom. The lowest BCUT2D eigenvalue weighted by Gasteiger charge is -2.14. The van der Waals surface area contributed by atoms with Crippen LogP contribution in [-0.2, 0) is 0 Å². The SMILES string of the molecule is CC(C)(C)C/C=C/CN. The van der Waals surface area contributed by atoms with E-state index < -0.39 is 0 Å². The predicted molar refractivity (Wildman–Crippen MR) is 42.3 cm³/mol. The molecule has 0 spiro atoms. The first-order valence-corrected chi connectivity index (χ1v) is 3.41. The van der Waals surface area contributed by atoms with Crippen LogP contribution < -0.4 is 5.73 Å². The highest BCUT2D eigenvalue weighted by molar-refractivity contribution is 4.86. The van der Waals surface area contributed by atoms with Gasteiger partial charge >= 0.3 is 0 Å². The summed E-state index contributed by atoms with van der Waals surface area (Å²) in [4.78, 5) is 0. The van der Waals surface area contributed by atoms with Crippen LogP contribution in [0, 0.1) is 5.41 Å². The predicted octanol–water partition coefficient (Wildman–Crippen LogP) is 1.94. The van der Waals surface area contributed by atoms with Crippen LogP contribution in [-0.4, -0.2) is 6.54 Å². The molecule has 0 amide bonds. The Bertz CT molecular complexity index is 87.2. The first kappa shape index (κ1) is 8.70. The van der Waals surface area contributed by atoms with Crippen LogP contribution >= 0.6 is 0 Å². The Hall–Kier alpha value is -0.300. The molecule has 0 aliphatic rings. The highest BCUT2D eigenvalue weighted by Crippen LogP contribution is 2.18. The second-order valence-corrected chi connectivity index (χ2v) is 3.47. The number of hydrogen-bond acceptors (Lipinski definition) is 1. The molecular formula is C8H17N. The maximum absolute atomic E-state index is 5.27. The molecule has 0 heterocycles. The largest absolute Gasteiger partial charge is 0.327 e. The Morgan fingerprint density at radius 1 is 1.22 bits per heavy atom. The lowest BCUT2D eigenvalue weighted by molar-refractivity contribution is 0.420. The number of nitrogens with two attached hydrogens (primary N) is 1. The molecule has 2 N–H and O–H groups in total. The maximum Gasteiger partial charge on any atom is 0.0106 e. The third kappa shape index (κ3) is 7.70. The third-order valence-electron chi connectivity index (χ3n) is 1.03. The van der Waals surface area contributed by atoms with Crippen molar-refractivity contribution in [2.75, 3.05) is 6.54 Å². The lowest BCUT2D eigenvalue weighted by Crippen LogP contribution is -2.02. The number of hydrogen-bond donors (Lipinski definition) is 1. The van der Waals surface area contributed by atoms with Crippen molar-refractivity contribution in [3.63, 3.8) is 0 Å². The zero-order chi connectivity index (χ0) is 7.33. The summed E-state index contributed by atoms with van der Waals surface area (Å²) in [6.45, 7) is 7.31. The van der Waals surface area contributed by atoms with E-state index in [2.05, 4.69) is 26.8 Å². The molecular weight excluding hydrogens is 110 g/mol. The zero-order valence-electron chi connectivity index (χ0n) is 6.65. The van der Waals surface area contributed by atoms with E-state index in [-0.39, 0.29) is 0 Å². The highest BCUT2D eigenvalue weighted by atomic mass is 14.5. The Kier molecular flexibility index (Phi) is 3.55. The van der Waals surface area contributed by atoms with Crippen LogP contribution in [0.25, 0.3) is 0 Å². The summed E-state index contributed by atoms with van der Waals surface area (Å²) in [5.41, 5.74) is 5.68. The maximum atomic E-state index is 5.27. The molecule has 0 aromatic carbocycles. The van der Waals surface area contributed by atoms with Gasteiger partial charge in [-0.3, -0.25) is 0 Å². The van der Waals surface area contributed by atoms with E-state index in [9.17, 15) is 0 Å². The molecule has 0 fully saturated rings. The van der Waals surface area contributed by atoms with Crippen LogP contribution in [0.3, 0.4) is 0 Å². The summed E-state index contributed by atoms with van der Waals surface area (Å²) in [7, 11) is 0. The van der Waals surface area contributed by atoms with Crippen molar-refractivity contribution < 1.29 is 0 Å². The van der Waals surface area contributed by atoms with E-state index in [1.165, 1.54) is 0 Å². The van der Waals surface area contributed by atoms with Gasteiger partial charge in [-0.05, 0) is 11.8 Å². The molecule has 0 rings (SSSR count). The van der Waals surface area contributed by atoms with Gasteiger partial charge in [-0.15, -0.1) is 0 Å². The molecule has 1 nitrogen and oxygen atoms in total. The van der Waals surface area contributed by atoms with Crippen molar-refractivity contribution in [1.82, 2.24) is 0 Å². The van der Waals surface area contributed by atoms with Crippen molar-refractivity contribution in [1.29, 1.82) is 0 Å². The Balaban J connectivity index is 3.38. The van der Waals surface area contributed by atoms with Crippen molar-refractivity contribution >= 4 is 0 Å². The fraction of sp³-hybridized carbons (Fsp3) is 0.750. The molecule has 0 saturated carbocycles. The second kappa shape index (κ2) is 3.67. The fourth-order valence-electron chi connectivity index (χ4n) is 0.533. The summed E-state index contributed by atoms with van der Waals surface area (Å²) in [6.07, 6.45) is 5.26. The molecule has 0 aliphatic heterocycles. The zero-order valence-corrected chi connectivity index (χ0v) is 6.65. The van der Waals surface area contributed by atoms with E-state index in [0.717, 1.165) is 6.42 Å². The third-order valence-corrected chi connectivity index (χ3v) is 1.03. The summed E-state index contributed by atoms with van der Waals surface area (Å²) >= 11 is 0. The van der Waals surface area contributed by atoms with Gasteiger partial charge in [0.1, 0.15) is 0 Å². The van der Waals surface area contributed by atoms with Crippen molar-refractivity contribution in [3.05, 3.63) is 12.2 Å². The quantitative estimate of drug-likeness (QED) is 0.564. The van der Waals surface area contributed by atoms with E-state index in [0.29, 0.717) is 12.0 Å². The molecule has 0 atom stereocenters. The van der Waals surface area contributed by atoms with E-state index in [4.69, 9.17) is 5.73 Å². The number of allylic oxidation sites excluding steroid dienone is 1. The number of rotatable bonds is 2. The molecule has 0 aromatic rings. The molecule has 54 valence electrons. The molecule has 1 heteroatoms. The van der Waals surface area contributed by atoms with Gasteiger partial charge in [-0.1, -0.05) is 32.9 Å². The summed E-state index contributed by atoms with van der Waals surface area (Å²) in [5, 5.41) is 0. The molecule has 0 unspecified atom stereocenters. The molecule has 9 heavy (non-hydrogen) atoms. The standard InChI is InChI=1S/C8H17N/c1-8(2,3)6-4-5-7-9/h4-5H,6-7,9H2,1-3H3/b5-4+. The molecule has 0 bridgehead atoms. The van der Waals surface area contributed by atoms with E-state index >= 15 is 0 Å². The fourth-order valence-corrected chi connectivity index (χ4v) is 0.533. The monoisotopic (exact) mass is 127 g/mol. The summed E-state index contributed by atoms with van der Waals surface area (Å²) in [6, 6.07) is 0. The molecule has 0 aliphatic carbocycles. The van der Waals surface area contributed by atoms with Crippen LogP contribution in [0.15, 0.2) is 12.2 Å². The van der Waals surface area contributed by atoms with Crippen LogP contribution in [0.2, 0.25) is 0 Å². The average Bonchev–Trinajstić information content (AvgIpc) is 1.63. The Morgan fingerprint density at radius 3 is 2.11 bits per heavy atom. The van der Waals surface area contributed by atoms with E-state index in [1.807, 2.05) is 6.08 Å². The smallest absolute Gasteiger partial charge is 0.0106 e. The van der Waals surface area contributed by atoms with Gasteiger partial charge < -0.3 is 5.73 Å². The van der Waals surface area contributed by atoms with Gasteiger partial charge in [0, 0.05) is 6.54 Å². The summed E-state index contributed by atoms with van der Waals surface area (Å²) in [5.74, 6) is 0. The first-order valence-electron chi connectivity index (χ1n) is 3.41. The molecule has 0 saturated heterocycles. The second-order valence-electron chi connectivity index (χ2n) is 3.47. The van der Waals surface area contributed by atoms with Crippen molar-refractivity contribution in [3.8, 4) is 0 Å². The van der Waals surface area contributed by atoms with Crippen LogP contribution in [0.1, 0.15) is 27.2 Å². The van der Waals surface area contributed by atoms with Crippen LogP contribution in [0.5, 0.6) is 0 Å². The van der Waals surface area contributed by atoms with Crippen molar-refractivity contribution in [2.24, 2.45) is 11.1 Å². The van der Waals surface area contributed by atoms with Gasteiger partial charge in [0.15, 0.2) is 0 Å². The average molecular weight is 127 g/mol. The van der Waals surface area contributed by atoms with Gasteiger partial charge in [-0.25, -0.2) is 0 Å². The highest BCUT2D eigenvalue weighted by Gasteiger charge is 2.05. The normalized spacial score (nSPS) is 12.9. The minimum atomic E-state index is 0.408. The lowest BCUT2D eigenvalue weighted by atomic mass is 9.92.